The number of phenols is 1. The minimum Gasteiger partial charge on any atom is -0.507 e. The number of aromatic hydroxyl groups is 1. The Labute approximate surface area is 403 Å². The number of H-pyrrole nitrogens is 2. The molecule has 15 nitrogen and oxygen atoms in total. The molecule has 2 saturated heterocycles. The van der Waals surface area contributed by atoms with E-state index < -0.39 is 49.2 Å². The predicted octanol–water partition coefficient (Wildman–Crippen LogP) is 8.14. The van der Waals surface area contributed by atoms with Gasteiger partial charge in [-0.25, -0.2) is 18.7 Å². The number of benzene rings is 4. The van der Waals surface area contributed by atoms with Gasteiger partial charge < -0.3 is 49.8 Å². The van der Waals surface area contributed by atoms with Crippen molar-refractivity contribution in [1.82, 2.24) is 39.6 Å². The number of aliphatic hydroxyl groups is 1. The van der Waals surface area contributed by atoms with Crippen LogP contribution in [0.15, 0.2) is 103 Å². The third-order valence-electron chi connectivity index (χ3n) is 14.0. The van der Waals surface area contributed by atoms with E-state index in [-0.39, 0.29) is 55.3 Å². The van der Waals surface area contributed by atoms with Crippen LogP contribution in [0.3, 0.4) is 0 Å². The largest absolute Gasteiger partial charge is 0.507 e. The number of hydrogen-bond acceptors (Lipinski definition) is 10. The van der Waals surface area contributed by atoms with Crippen LogP contribution < -0.4 is 15.8 Å². The zero-order valence-corrected chi connectivity index (χ0v) is 39.5. The molecule has 6 heterocycles. The van der Waals surface area contributed by atoms with Gasteiger partial charge in [0.15, 0.2) is 0 Å². The maximum atomic E-state index is 15.1. The van der Waals surface area contributed by atoms with Crippen molar-refractivity contribution in [2.75, 3.05) is 20.2 Å². The van der Waals surface area contributed by atoms with E-state index in [2.05, 4.69) is 35.9 Å². The van der Waals surface area contributed by atoms with Gasteiger partial charge in [-0.2, -0.15) is 0 Å². The number of fused-ring (bicyclic) bond motifs is 5. The summed E-state index contributed by atoms with van der Waals surface area (Å²) in [7, 11) is 1.32. The van der Waals surface area contributed by atoms with Crippen molar-refractivity contribution in [1.29, 1.82) is 0 Å². The molecule has 8 atom stereocenters. The summed E-state index contributed by atoms with van der Waals surface area (Å²) < 4.78 is 44.1. The number of ether oxygens (including phenoxy) is 2. The number of carbonyl (C=O) groups excluding carboxylic acids is 2. The number of carbonyl (C=O) groups is 2. The normalized spacial score (nSPS) is 21.3. The molecule has 2 amide bonds. The number of amides is 2. The van der Waals surface area contributed by atoms with E-state index in [0.29, 0.717) is 39.9 Å². The maximum absolute atomic E-state index is 15.1. The molecule has 364 valence electrons. The molecule has 70 heavy (non-hydrogen) atoms. The number of likely N-dealkylation sites (tertiary alicyclic amines) is 2. The van der Waals surface area contributed by atoms with E-state index in [0.717, 1.165) is 38.9 Å². The molecule has 7 aromatic rings. The Bertz CT molecular complexity index is 3060. The van der Waals surface area contributed by atoms with Gasteiger partial charge in [-0.15, -0.1) is 0 Å². The summed E-state index contributed by atoms with van der Waals surface area (Å²) in [5.41, 5.74) is 14.0. The van der Waals surface area contributed by atoms with Crippen LogP contribution in [0.1, 0.15) is 76.1 Å². The molecule has 8 unspecified atom stereocenters. The molecule has 2 fully saturated rings. The SMILES string of the molecule is COC(O)NC(C(=O)N1CC(F)CC1c1ncc(-c2ccc3c(c2)cc2n3C(c3ccc(-c4ccccc4)c(O)c3)Oc3cc(-c4cnc(C5CC(F)CN5C(=O)C(N)C(C)C)[nH]4)ccc3-2)[nH]1)C(C)C. The standard InChI is InChI=1S/C53H57F2N9O6/c1-27(2)46(56)50(66)62-25-34(54)21-42(62)48-58-24-39(60-48)31-11-15-37-41-18-33-17-30(38-23-57-49(59-38)43-22-35(55)26-63(43)51(67)47(28(3)4)61-53(68)69-5)13-16-40(33)64(41)52(70-45(37)20-31)32-12-14-36(44(65)19-32)29-9-7-6-8-10-29/h6-20,23-24,27-28,34-35,42-43,46-47,52-53,61,65,68H,21-22,25-26,56H2,1-5H3,(H,57,59)(H,58,60). The third kappa shape index (κ3) is 8.60. The highest BCUT2D eigenvalue weighted by atomic mass is 19.1. The number of halogens is 2. The first-order valence-electron chi connectivity index (χ1n) is 23.7. The number of aliphatic hydroxyl groups excluding tert-OH is 1. The fraction of sp³-hybridized carbons (Fsp3) is 0.358. The number of methoxy groups -OCH3 is 1. The summed E-state index contributed by atoms with van der Waals surface area (Å²) in [5.74, 6) is 0.611. The fourth-order valence-electron chi connectivity index (χ4n) is 10.1. The monoisotopic (exact) mass is 953 g/mol. The number of nitrogens with zero attached hydrogens (tertiary/aromatic N) is 5. The highest BCUT2D eigenvalue weighted by molar-refractivity contribution is 5.93. The van der Waals surface area contributed by atoms with Gasteiger partial charge in [-0.05, 0) is 53.8 Å². The van der Waals surface area contributed by atoms with Gasteiger partial charge in [0.1, 0.15) is 35.5 Å². The van der Waals surface area contributed by atoms with Crippen molar-refractivity contribution in [2.45, 2.75) is 89.7 Å². The summed E-state index contributed by atoms with van der Waals surface area (Å²) in [5, 5.41) is 25.3. The molecule has 3 aliphatic rings. The molecule has 3 aliphatic heterocycles. The molecule has 17 heteroatoms. The topological polar surface area (TPSA) is 200 Å². The molecule has 10 rings (SSSR count). The summed E-state index contributed by atoms with van der Waals surface area (Å²) in [6, 6.07) is 26.4. The summed E-state index contributed by atoms with van der Waals surface area (Å²) >= 11 is 0. The average molecular weight is 954 g/mol. The Balaban J connectivity index is 0.997. The average Bonchev–Trinajstić information content (AvgIpc) is 4.22. The summed E-state index contributed by atoms with van der Waals surface area (Å²) in [6.07, 6.45) is -0.989. The van der Waals surface area contributed by atoms with Gasteiger partial charge >= 0.3 is 0 Å². The number of alkyl halides is 2. The molecule has 7 N–H and O–H groups in total. The van der Waals surface area contributed by atoms with Crippen LogP contribution in [-0.4, -0.2) is 107 Å². The van der Waals surface area contributed by atoms with E-state index in [1.165, 1.54) is 16.9 Å². The van der Waals surface area contributed by atoms with Crippen LogP contribution >= 0.6 is 0 Å². The summed E-state index contributed by atoms with van der Waals surface area (Å²) in [4.78, 5) is 46.2. The number of hydrogen-bond donors (Lipinski definition) is 6. The van der Waals surface area contributed by atoms with Gasteiger partial charge in [0.25, 0.3) is 0 Å². The van der Waals surface area contributed by atoms with E-state index in [9.17, 15) is 24.2 Å². The second-order valence-electron chi connectivity index (χ2n) is 19.3. The first kappa shape index (κ1) is 46.8. The Hall–Kier alpha value is -6.92. The minimum absolute atomic E-state index is 0.0450. The van der Waals surface area contributed by atoms with Crippen LogP contribution in [0.5, 0.6) is 11.5 Å². The van der Waals surface area contributed by atoms with Crippen LogP contribution in [0.25, 0.3) is 55.8 Å². The lowest BCUT2D eigenvalue weighted by molar-refractivity contribution is -0.145. The quantitative estimate of drug-likeness (QED) is 0.0614. The summed E-state index contributed by atoms with van der Waals surface area (Å²) in [6.45, 7) is 7.27. The third-order valence-corrected chi connectivity index (χ3v) is 14.0. The highest BCUT2D eigenvalue weighted by Gasteiger charge is 2.43. The lowest BCUT2D eigenvalue weighted by Crippen LogP contribution is -2.53. The van der Waals surface area contributed by atoms with E-state index in [4.69, 9.17) is 15.2 Å². The Kier molecular flexibility index (Phi) is 12.5. The molecular formula is C53H57F2N9O6. The zero-order valence-electron chi connectivity index (χ0n) is 39.5. The Morgan fingerprint density at radius 2 is 1.40 bits per heavy atom. The van der Waals surface area contributed by atoms with E-state index >= 15 is 4.39 Å². The molecular weight excluding hydrogens is 897 g/mol. The number of imidazole rings is 2. The van der Waals surface area contributed by atoms with Gasteiger partial charge in [0, 0.05) is 53.2 Å². The van der Waals surface area contributed by atoms with Crippen molar-refractivity contribution in [2.24, 2.45) is 17.6 Å². The van der Waals surface area contributed by atoms with Crippen molar-refractivity contribution in [3.63, 3.8) is 0 Å². The first-order valence-corrected chi connectivity index (χ1v) is 23.7. The van der Waals surface area contributed by atoms with Crippen molar-refractivity contribution in [3.8, 4) is 56.4 Å². The van der Waals surface area contributed by atoms with Crippen LogP contribution in [0.2, 0.25) is 0 Å². The molecule has 3 aromatic heterocycles. The molecule has 0 saturated carbocycles. The van der Waals surface area contributed by atoms with Crippen LogP contribution in [-0.2, 0) is 14.3 Å². The lowest BCUT2D eigenvalue weighted by Gasteiger charge is -2.31. The Morgan fingerprint density at radius 1 is 0.786 bits per heavy atom. The predicted molar refractivity (Wildman–Crippen MR) is 260 cm³/mol. The Morgan fingerprint density at radius 3 is 2.01 bits per heavy atom. The van der Waals surface area contributed by atoms with Crippen LogP contribution in [0, 0.1) is 11.8 Å². The van der Waals surface area contributed by atoms with E-state index in [1.54, 1.807) is 18.5 Å². The van der Waals surface area contributed by atoms with Gasteiger partial charge in [0.05, 0.1) is 72.2 Å². The number of phenolic OH excluding ortho intramolecular Hbond substituents is 1. The number of aromatic amines is 2. The van der Waals surface area contributed by atoms with Gasteiger partial charge in [-0.3, -0.25) is 14.9 Å². The number of nitrogens with two attached hydrogens (primary N) is 1. The first-order chi connectivity index (χ1) is 33.7. The minimum atomic E-state index is -1.36. The molecule has 0 aliphatic carbocycles. The number of nitrogens with one attached hydrogen (secondary N) is 3. The molecule has 0 radical (unpaired) electrons. The van der Waals surface area contributed by atoms with Crippen molar-refractivity contribution in [3.05, 3.63) is 121 Å². The smallest absolute Gasteiger partial charge is 0.240 e. The van der Waals surface area contributed by atoms with Gasteiger partial charge in [-0.1, -0.05) is 82.3 Å². The van der Waals surface area contributed by atoms with Crippen molar-refractivity contribution >= 4 is 22.7 Å². The van der Waals surface area contributed by atoms with Gasteiger partial charge in [0.2, 0.25) is 24.5 Å². The highest BCUT2D eigenvalue weighted by Crippen LogP contribution is 2.47. The second kappa shape index (κ2) is 18.8. The van der Waals surface area contributed by atoms with Crippen LogP contribution in [0.4, 0.5) is 8.78 Å². The zero-order chi connectivity index (χ0) is 49.1. The lowest BCUT2D eigenvalue weighted by atomic mass is 10.0. The number of rotatable bonds is 13. The molecule has 4 aromatic carbocycles. The second-order valence-corrected chi connectivity index (χ2v) is 19.3. The molecule has 0 spiro atoms. The maximum Gasteiger partial charge on any atom is 0.240 e. The molecule has 0 bridgehead atoms. The van der Waals surface area contributed by atoms with Crippen molar-refractivity contribution < 1.29 is 38.1 Å². The fourth-order valence-corrected chi connectivity index (χ4v) is 10.1. The number of aromatic nitrogens is 5. The van der Waals surface area contributed by atoms with E-state index in [1.807, 2.05) is 107 Å².